The lowest BCUT2D eigenvalue weighted by molar-refractivity contribution is 1.35. The van der Waals surface area contributed by atoms with Crippen LogP contribution in [-0.4, -0.2) is 26.6 Å². The van der Waals surface area contributed by atoms with Gasteiger partial charge in [0.25, 0.3) is 0 Å². The zero-order valence-corrected chi connectivity index (χ0v) is 14.0. The topological polar surface area (TPSA) is 0 Å². The molecule has 0 aliphatic rings. The van der Waals surface area contributed by atoms with Crippen molar-refractivity contribution in [3.63, 3.8) is 0 Å². The van der Waals surface area contributed by atoms with Gasteiger partial charge < -0.3 is 0 Å². The molecule has 0 heterocycles. The Kier molecular flexibility index (Phi) is 3.70. The van der Waals surface area contributed by atoms with E-state index in [1.54, 1.807) is 11.1 Å². The van der Waals surface area contributed by atoms with E-state index in [1.165, 1.54) is 15.3 Å². The molecule has 1 aromatic rings. The second kappa shape index (κ2) is 4.39. The van der Waals surface area contributed by atoms with Crippen molar-refractivity contribution in [1.82, 2.24) is 0 Å². The van der Waals surface area contributed by atoms with Crippen LogP contribution in [0.1, 0.15) is 16.7 Å². The molecule has 0 fully saturated rings. The largest absolute Gasteiger partial charge is 0.0768 e. The van der Waals surface area contributed by atoms with E-state index in [0.29, 0.717) is 0 Å². The number of benzene rings is 1. The van der Waals surface area contributed by atoms with Crippen LogP contribution in [0.3, 0.4) is 0 Å². The number of rotatable bonds is 2. The van der Waals surface area contributed by atoms with Crippen molar-refractivity contribution in [3.8, 4) is 0 Å². The molecule has 1 atom stereocenters. The van der Waals surface area contributed by atoms with E-state index in [9.17, 15) is 0 Å². The fraction of sp³-hybridized carbons (Fsp3) is 0.400. The molecule has 1 aromatic carbocycles. The lowest BCUT2D eigenvalue weighted by Gasteiger charge is -2.15. The van der Waals surface area contributed by atoms with Crippen LogP contribution in [0.25, 0.3) is 0 Å². The summed E-state index contributed by atoms with van der Waals surface area (Å²) in [4.78, 5) is 0. The van der Waals surface area contributed by atoms with Gasteiger partial charge in [0.2, 0.25) is 0 Å². The van der Waals surface area contributed by atoms with Crippen molar-refractivity contribution in [3.05, 3.63) is 28.8 Å². The lowest BCUT2D eigenvalue weighted by atomic mass is 10.1. The van der Waals surface area contributed by atoms with Crippen molar-refractivity contribution in [2.75, 3.05) is 0 Å². The summed E-state index contributed by atoms with van der Waals surface area (Å²) in [7, 11) is 1.40. The highest BCUT2D eigenvalue weighted by Crippen LogP contribution is 2.06. The summed E-state index contributed by atoms with van der Waals surface area (Å²) in [6, 6.07) is 4.73. The van der Waals surface area contributed by atoms with E-state index < -0.39 is 0 Å². The molecular weight excluding hydrogens is 204 g/mol. The summed E-state index contributed by atoms with van der Waals surface area (Å²) in [5, 5.41) is 1.81. The maximum atomic E-state index is 2.49. The van der Waals surface area contributed by atoms with E-state index in [4.69, 9.17) is 0 Å². The normalized spacial score (nSPS) is 14.2. The van der Waals surface area contributed by atoms with Crippen LogP contribution >= 0.6 is 0 Å². The van der Waals surface area contributed by atoms with Crippen molar-refractivity contribution in [2.24, 2.45) is 0 Å². The third-order valence-electron chi connectivity index (χ3n) is 2.84. The van der Waals surface area contributed by atoms with E-state index in [2.05, 4.69) is 39.5 Å². The third kappa shape index (κ3) is 2.42. The molecule has 0 aliphatic carbocycles. The van der Waals surface area contributed by atoms with Crippen molar-refractivity contribution in [2.45, 2.75) is 27.3 Å². The van der Waals surface area contributed by atoms with Gasteiger partial charge in [0.1, 0.15) is 0 Å². The van der Waals surface area contributed by atoms with Crippen molar-refractivity contribution < 1.29 is 0 Å². The number of aryl methyl sites for hydroxylation is 3. The zero-order valence-electron chi connectivity index (χ0n) is 9.44. The Morgan fingerprint density at radius 2 is 1.62 bits per heavy atom. The molecular formula is C10H20Si3. The predicted octanol–water partition coefficient (Wildman–Crippen LogP) is -0.378. The fourth-order valence-electron chi connectivity index (χ4n) is 2.17. The molecule has 3 heteroatoms. The van der Waals surface area contributed by atoms with Gasteiger partial charge in [-0.15, -0.1) is 0 Å². The highest BCUT2D eigenvalue weighted by atomic mass is 29.5. The van der Waals surface area contributed by atoms with Crippen LogP contribution in [0, 0.1) is 20.8 Å². The first-order chi connectivity index (χ1) is 6.06. The monoisotopic (exact) mass is 224 g/mol. The highest BCUT2D eigenvalue weighted by Gasteiger charge is 2.10. The minimum Gasteiger partial charge on any atom is -0.0768 e. The van der Waals surface area contributed by atoms with Gasteiger partial charge in [-0.3, -0.25) is 0 Å². The van der Waals surface area contributed by atoms with Crippen LogP contribution < -0.4 is 5.19 Å². The summed E-state index contributed by atoms with van der Waals surface area (Å²) in [6.07, 6.45) is 0. The van der Waals surface area contributed by atoms with Crippen LogP contribution in [0.4, 0.5) is 0 Å². The number of hydrogen-bond donors (Lipinski definition) is 0. The van der Waals surface area contributed by atoms with Gasteiger partial charge in [0.15, 0.2) is 0 Å². The third-order valence-corrected chi connectivity index (χ3v) is 19.9. The Morgan fingerprint density at radius 3 is 2.00 bits per heavy atom. The average Bonchev–Trinajstić information content (AvgIpc) is 2.02. The molecule has 1 unspecified atom stereocenters. The Bertz CT molecular complexity index is 284. The molecule has 0 aliphatic heterocycles. The quantitative estimate of drug-likeness (QED) is 0.601. The van der Waals surface area contributed by atoms with Crippen LogP contribution in [0.5, 0.6) is 0 Å². The Labute approximate surface area is 88.2 Å². The van der Waals surface area contributed by atoms with Gasteiger partial charge in [-0.05, 0) is 30.5 Å². The molecule has 0 saturated heterocycles. The first-order valence-corrected chi connectivity index (χ1v) is 15.0. The summed E-state index contributed by atoms with van der Waals surface area (Å²) in [5.41, 5.74) is 4.59. The molecule has 0 bridgehead atoms. The van der Waals surface area contributed by atoms with Gasteiger partial charge in [-0.25, -0.2) is 0 Å². The van der Waals surface area contributed by atoms with E-state index in [-0.39, 0.29) is 16.9 Å². The first-order valence-electron chi connectivity index (χ1n) is 5.14. The average molecular weight is 225 g/mol. The summed E-state index contributed by atoms with van der Waals surface area (Å²) < 4.78 is 0. The van der Waals surface area contributed by atoms with Crippen LogP contribution in [-0.2, 0) is 0 Å². The van der Waals surface area contributed by atoms with E-state index in [1.807, 2.05) is 5.19 Å². The minimum atomic E-state index is -0.361. The summed E-state index contributed by atoms with van der Waals surface area (Å²) >= 11 is 0. The molecule has 0 spiro atoms. The van der Waals surface area contributed by atoms with Gasteiger partial charge >= 0.3 is 0 Å². The minimum absolute atomic E-state index is 0.286. The molecule has 0 amide bonds. The molecule has 0 aromatic heterocycles. The van der Waals surface area contributed by atoms with Crippen molar-refractivity contribution >= 4 is 31.8 Å². The second-order valence-corrected chi connectivity index (χ2v) is 22.5. The summed E-state index contributed by atoms with van der Waals surface area (Å²) in [5.74, 6) is 0. The van der Waals surface area contributed by atoms with Gasteiger partial charge in [0, 0.05) is 16.9 Å². The lowest BCUT2D eigenvalue weighted by Crippen LogP contribution is -2.39. The molecule has 0 nitrogen and oxygen atoms in total. The fourth-order valence-corrected chi connectivity index (χ4v) is 10.2. The van der Waals surface area contributed by atoms with Gasteiger partial charge in [0.05, 0.1) is 0 Å². The standard InChI is InChI=1S/C10H20Si3/c1-7-5-8(2)10(9(3)6-7)13(11)12-4/h5-6,13H,12H2,1-4,11H3. The molecule has 0 radical (unpaired) electrons. The van der Waals surface area contributed by atoms with Gasteiger partial charge in [-0.2, -0.15) is 0 Å². The maximum absolute atomic E-state index is 2.49. The smallest absolute Gasteiger partial charge is 0.0424 e. The maximum Gasteiger partial charge on any atom is 0.0424 e. The Morgan fingerprint density at radius 1 is 1.15 bits per heavy atom. The second-order valence-electron chi connectivity index (χ2n) is 4.12. The Hall–Kier alpha value is -0.129. The molecule has 0 N–H and O–H groups in total. The molecule has 13 heavy (non-hydrogen) atoms. The highest BCUT2D eigenvalue weighted by molar-refractivity contribution is 7.40. The molecule has 72 valence electrons. The summed E-state index contributed by atoms with van der Waals surface area (Å²) in [6.45, 7) is 9.30. The van der Waals surface area contributed by atoms with E-state index in [0.717, 1.165) is 0 Å². The van der Waals surface area contributed by atoms with Crippen LogP contribution in [0.15, 0.2) is 12.1 Å². The van der Waals surface area contributed by atoms with Gasteiger partial charge in [-0.1, -0.05) is 40.6 Å². The molecule has 0 saturated carbocycles. The zero-order chi connectivity index (χ0) is 10.0. The predicted molar refractivity (Wildman–Crippen MR) is 71.8 cm³/mol. The SMILES string of the molecule is C[SiH2][SiH]([SiH3])c1c(C)cc(C)cc1C. The molecule has 1 rings (SSSR count). The number of hydrogen-bond acceptors (Lipinski definition) is 0. The van der Waals surface area contributed by atoms with E-state index >= 15 is 0 Å². The van der Waals surface area contributed by atoms with Crippen LogP contribution in [0.2, 0.25) is 6.55 Å². The van der Waals surface area contributed by atoms with Crippen molar-refractivity contribution in [1.29, 1.82) is 0 Å². The Balaban J connectivity index is 3.20. The first kappa shape index (κ1) is 10.9.